The molecule has 2 nitrogen and oxygen atoms in total. The summed E-state index contributed by atoms with van der Waals surface area (Å²) in [6.07, 6.45) is -4.69. The first-order valence-electron chi connectivity index (χ1n) is 16.8. The van der Waals surface area contributed by atoms with Crippen LogP contribution in [0.3, 0.4) is 0 Å². The van der Waals surface area contributed by atoms with Gasteiger partial charge in [-0.05, 0) is 72.8 Å². The van der Waals surface area contributed by atoms with Crippen LogP contribution in [0.5, 0.6) is 0 Å². The van der Waals surface area contributed by atoms with Gasteiger partial charge in [-0.3, -0.25) is 4.57 Å². The average molecular weight is 667 g/mol. The van der Waals surface area contributed by atoms with Crippen molar-refractivity contribution >= 4 is 32.3 Å². The van der Waals surface area contributed by atoms with Gasteiger partial charge < -0.3 is 0 Å². The van der Waals surface area contributed by atoms with E-state index in [1.54, 1.807) is 24.3 Å². The van der Waals surface area contributed by atoms with Crippen molar-refractivity contribution in [1.29, 1.82) is 0 Å². The zero-order valence-electron chi connectivity index (χ0n) is 27.3. The number of rotatable bonds is 5. The Morgan fingerprint density at radius 1 is 0.412 bits per heavy atom. The molecule has 0 saturated heterocycles. The van der Waals surface area contributed by atoms with Gasteiger partial charge in [-0.2, -0.15) is 13.2 Å². The molecule has 0 aliphatic carbocycles. The maximum atomic E-state index is 14.8. The zero-order chi connectivity index (χ0) is 34.5. The van der Waals surface area contributed by atoms with E-state index in [-0.39, 0.29) is 5.69 Å². The molecule has 0 fully saturated rings. The lowest BCUT2D eigenvalue weighted by Crippen LogP contribution is -2.14. The van der Waals surface area contributed by atoms with Crippen LogP contribution in [-0.2, 0) is 6.18 Å². The minimum atomic E-state index is -4.69. The third-order valence-corrected chi connectivity index (χ3v) is 9.61. The van der Waals surface area contributed by atoms with E-state index in [9.17, 15) is 13.2 Å². The smallest absolute Gasteiger partial charge is 0.288 e. The van der Waals surface area contributed by atoms with E-state index < -0.39 is 12.0 Å². The summed E-state index contributed by atoms with van der Waals surface area (Å²) in [5.41, 5.74) is 6.53. The first kappa shape index (κ1) is 30.6. The number of nitrogens with zero attached hydrogens (tertiary/aromatic N) is 2. The molecule has 0 unspecified atom stereocenters. The third-order valence-electron chi connectivity index (χ3n) is 9.61. The number of aromatic nitrogens is 2. The standard InChI is InChI=1S/C46H29F3N2/c47-46(48,49)45-50-43(32-14-3-1-4-15-32)44(33-16-5-2-6-17-33)51(45)36-27-25-31(26-28-36)41-37-19-9-11-21-39(37)42(40-22-12-10-20-38(40)41)35-24-23-30-13-7-8-18-34(30)29-35/h1-29H. The Kier molecular flexibility index (Phi) is 7.29. The SMILES string of the molecule is FC(F)(F)c1nc(-c2ccccc2)c(-c2ccccc2)n1-c1ccc(-c2c3ccccc3c(-c3ccc4ccccc4c3)c3ccccc23)cc1. The quantitative estimate of drug-likeness (QED) is 0.167. The van der Waals surface area contributed by atoms with Gasteiger partial charge in [-0.25, -0.2) is 4.98 Å². The van der Waals surface area contributed by atoms with Gasteiger partial charge in [0.15, 0.2) is 0 Å². The second-order valence-electron chi connectivity index (χ2n) is 12.6. The molecular formula is C46H29F3N2. The van der Waals surface area contributed by atoms with Crippen LogP contribution in [-0.4, -0.2) is 9.55 Å². The number of hydrogen-bond donors (Lipinski definition) is 0. The lowest BCUT2D eigenvalue weighted by molar-refractivity contribution is -0.145. The highest BCUT2D eigenvalue weighted by atomic mass is 19.4. The van der Waals surface area contributed by atoms with Gasteiger partial charge in [-0.1, -0.05) is 158 Å². The Labute approximate surface area is 292 Å². The van der Waals surface area contributed by atoms with Gasteiger partial charge in [0, 0.05) is 16.8 Å². The molecule has 8 aromatic carbocycles. The molecule has 0 aliphatic heterocycles. The molecule has 0 saturated carbocycles. The van der Waals surface area contributed by atoms with Crippen molar-refractivity contribution < 1.29 is 13.2 Å². The van der Waals surface area contributed by atoms with Gasteiger partial charge in [0.25, 0.3) is 0 Å². The normalized spacial score (nSPS) is 11.8. The molecule has 0 aliphatic rings. The van der Waals surface area contributed by atoms with E-state index in [1.165, 1.54) is 15.3 Å². The van der Waals surface area contributed by atoms with Crippen LogP contribution in [0.25, 0.3) is 82.8 Å². The Balaban J connectivity index is 1.26. The Morgan fingerprint density at radius 3 is 1.45 bits per heavy atom. The first-order valence-corrected chi connectivity index (χ1v) is 16.8. The molecule has 0 atom stereocenters. The lowest BCUT2D eigenvalue weighted by Gasteiger charge is -2.19. The van der Waals surface area contributed by atoms with Crippen molar-refractivity contribution in [3.63, 3.8) is 0 Å². The van der Waals surface area contributed by atoms with E-state index >= 15 is 0 Å². The van der Waals surface area contributed by atoms with Crippen molar-refractivity contribution in [2.45, 2.75) is 6.18 Å². The number of halogens is 3. The van der Waals surface area contributed by atoms with Crippen molar-refractivity contribution in [3.8, 4) is 50.5 Å². The molecule has 51 heavy (non-hydrogen) atoms. The third kappa shape index (κ3) is 5.26. The predicted octanol–water partition coefficient (Wildman–Crippen LogP) is 13.0. The van der Waals surface area contributed by atoms with Crippen LogP contribution >= 0.6 is 0 Å². The van der Waals surface area contributed by atoms with Crippen LogP contribution in [0, 0.1) is 0 Å². The van der Waals surface area contributed by atoms with Gasteiger partial charge in [0.05, 0.1) is 11.4 Å². The fourth-order valence-electron chi connectivity index (χ4n) is 7.39. The van der Waals surface area contributed by atoms with Crippen LogP contribution in [0.15, 0.2) is 176 Å². The van der Waals surface area contributed by atoms with Crippen LogP contribution in [0.4, 0.5) is 13.2 Å². The molecule has 9 aromatic rings. The van der Waals surface area contributed by atoms with Crippen LogP contribution in [0.2, 0.25) is 0 Å². The molecular weight excluding hydrogens is 638 g/mol. The van der Waals surface area contributed by atoms with E-state index in [0.717, 1.165) is 43.8 Å². The highest BCUT2D eigenvalue weighted by molar-refractivity contribution is 6.21. The summed E-state index contributed by atoms with van der Waals surface area (Å²) in [5, 5.41) is 6.72. The van der Waals surface area contributed by atoms with E-state index in [4.69, 9.17) is 0 Å². The average Bonchev–Trinajstić information content (AvgIpc) is 3.59. The second kappa shape index (κ2) is 12.1. The van der Waals surface area contributed by atoms with Gasteiger partial charge in [-0.15, -0.1) is 0 Å². The van der Waals surface area contributed by atoms with Gasteiger partial charge in [0.2, 0.25) is 5.82 Å². The van der Waals surface area contributed by atoms with Crippen LogP contribution < -0.4 is 0 Å². The molecule has 0 amide bonds. The highest BCUT2D eigenvalue weighted by Crippen LogP contribution is 2.45. The topological polar surface area (TPSA) is 17.8 Å². The molecule has 0 bridgehead atoms. The summed E-state index contributed by atoms with van der Waals surface area (Å²) in [6, 6.07) is 57.3. The summed E-state index contributed by atoms with van der Waals surface area (Å²) >= 11 is 0. The Morgan fingerprint density at radius 2 is 0.882 bits per heavy atom. The summed E-state index contributed by atoms with van der Waals surface area (Å²) in [4.78, 5) is 4.26. The maximum Gasteiger partial charge on any atom is 0.450 e. The minimum absolute atomic E-state index is 0.277. The summed E-state index contributed by atoms with van der Waals surface area (Å²) in [5.74, 6) is -0.969. The highest BCUT2D eigenvalue weighted by Gasteiger charge is 2.40. The van der Waals surface area contributed by atoms with Crippen molar-refractivity contribution in [1.82, 2.24) is 9.55 Å². The van der Waals surface area contributed by atoms with Gasteiger partial charge >= 0.3 is 6.18 Å². The summed E-state index contributed by atoms with van der Waals surface area (Å²) in [7, 11) is 0. The predicted molar refractivity (Wildman–Crippen MR) is 203 cm³/mol. The number of fused-ring (bicyclic) bond motifs is 3. The molecule has 5 heteroatoms. The second-order valence-corrected chi connectivity index (χ2v) is 12.6. The molecule has 0 N–H and O–H groups in total. The van der Waals surface area contributed by atoms with Crippen LogP contribution in [0.1, 0.15) is 5.82 Å². The van der Waals surface area contributed by atoms with Crippen molar-refractivity contribution in [2.75, 3.05) is 0 Å². The van der Waals surface area contributed by atoms with Crippen molar-refractivity contribution in [3.05, 3.63) is 182 Å². The molecule has 1 heterocycles. The summed E-state index contributed by atoms with van der Waals surface area (Å²) in [6.45, 7) is 0. The van der Waals surface area contributed by atoms with E-state index in [2.05, 4.69) is 77.8 Å². The molecule has 0 spiro atoms. The van der Waals surface area contributed by atoms with Gasteiger partial charge in [0.1, 0.15) is 0 Å². The first-order chi connectivity index (χ1) is 25.0. The number of hydrogen-bond acceptors (Lipinski definition) is 1. The zero-order valence-corrected chi connectivity index (χ0v) is 27.3. The minimum Gasteiger partial charge on any atom is -0.288 e. The van der Waals surface area contributed by atoms with Crippen molar-refractivity contribution in [2.24, 2.45) is 0 Å². The maximum absolute atomic E-state index is 14.8. The number of alkyl halides is 3. The number of benzene rings is 8. The fourth-order valence-corrected chi connectivity index (χ4v) is 7.39. The lowest BCUT2D eigenvalue weighted by atomic mass is 9.85. The molecule has 1 aromatic heterocycles. The Bertz CT molecular complexity index is 2650. The number of imidazole rings is 1. The Hall–Kier alpha value is -6.46. The van der Waals surface area contributed by atoms with E-state index in [0.29, 0.717) is 22.5 Å². The van der Waals surface area contributed by atoms with E-state index in [1.807, 2.05) is 78.9 Å². The molecule has 9 rings (SSSR count). The monoisotopic (exact) mass is 666 g/mol. The largest absolute Gasteiger partial charge is 0.450 e. The fraction of sp³-hybridized carbons (Fsp3) is 0.0217. The summed E-state index contributed by atoms with van der Waals surface area (Å²) < 4.78 is 45.7. The molecule has 244 valence electrons. The molecule has 0 radical (unpaired) electrons.